The van der Waals surface area contributed by atoms with Crippen molar-refractivity contribution in [2.75, 3.05) is 13.7 Å². The Hall–Kier alpha value is -3.57. The molecule has 10 nitrogen and oxygen atoms in total. The minimum atomic E-state index is -3.34. The number of methoxy groups -OCH3 is 1. The first-order valence-electron chi connectivity index (χ1n) is 16.2. The number of aldehydes is 1. The van der Waals surface area contributed by atoms with Crippen LogP contribution < -0.4 is 14.8 Å². The molecule has 4 aliphatic rings. The lowest BCUT2D eigenvalue weighted by Gasteiger charge is -2.37. The van der Waals surface area contributed by atoms with Crippen LogP contribution in [0.25, 0.3) is 11.0 Å². The molecule has 0 spiro atoms. The second kappa shape index (κ2) is 12.3. The van der Waals surface area contributed by atoms with E-state index in [0.29, 0.717) is 43.2 Å². The number of fused-ring (bicyclic) bond motifs is 5. The molecule has 1 aromatic carbocycles. The fraction of sp³-hybridized carbons (Fsp3) is 0.667. The predicted molar refractivity (Wildman–Crippen MR) is 160 cm³/mol. The monoisotopic (exact) mass is 628 g/mol. The quantitative estimate of drug-likeness (QED) is 0.438. The van der Waals surface area contributed by atoms with Gasteiger partial charge in [-0.05, 0) is 62.0 Å². The third kappa shape index (κ3) is 6.16. The van der Waals surface area contributed by atoms with E-state index in [0.717, 1.165) is 25.7 Å². The number of ether oxygens (including phenoxy) is 3. The number of benzene rings is 1. The van der Waals surface area contributed by atoms with Crippen molar-refractivity contribution in [1.82, 2.24) is 20.2 Å². The lowest BCUT2D eigenvalue weighted by molar-refractivity contribution is -0.140. The summed E-state index contributed by atoms with van der Waals surface area (Å²) in [5.41, 5.74) is -0.470. The normalized spacial score (nSPS) is 31.4. The number of nitrogens with zero attached hydrogens (tertiary/aromatic N) is 3. The van der Waals surface area contributed by atoms with Crippen molar-refractivity contribution in [1.29, 1.82) is 0 Å². The van der Waals surface area contributed by atoms with Crippen molar-refractivity contribution in [2.45, 2.75) is 108 Å². The molecule has 6 atom stereocenters. The van der Waals surface area contributed by atoms with Gasteiger partial charge in [0.15, 0.2) is 5.69 Å². The number of rotatable bonds is 4. The highest BCUT2D eigenvalue weighted by Crippen LogP contribution is 2.45. The van der Waals surface area contributed by atoms with Gasteiger partial charge in [-0.1, -0.05) is 33.1 Å². The number of hydrogen-bond acceptors (Lipinski definition) is 8. The molecular weight excluding hydrogens is 586 g/mol. The topological polar surface area (TPSA) is 120 Å². The lowest BCUT2D eigenvalue weighted by Crippen LogP contribution is -2.57. The van der Waals surface area contributed by atoms with Gasteiger partial charge in [0.1, 0.15) is 30.3 Å². The molecule has 1 N–H and O–H groups in total. The van der Waals surface area contributed by atoms with Crippen LogP contribution in [-0.2, 0) is 20.2 Å². The minimum absolute atomic E-state index is 0.0302. The predicted octanol–water partition coefficient (Wildman–Crippen LogP) is 5.55. The van der Waals surface area contributed by atoms with E-state index in [2.05, 4.69) is 15.3 Å². The molecule has 45 heavy (non-hydrogen) atoms. The van der Waals surface area contributed by atoms with Crippen molar-refractivity contribution >= 4 is 29.3 Å². The molecule has 1 saturated heterocycles. The van der Waals surface area contributed by atoms with E-state index >= 15 is 8.78 Å². The van der Waals surface area contributed by atoms with E-state index < -0.39 is 59.6 Å². The van der Waals surface area contributed by atoms with E-state index in [1.807, 2.05) is 13.8 Å². The fourth-order valence-electron chi connectivity index (χ4n) is 7.55. The van der Waals surface area contributed by atoms with Crippen LogP contribution >= 0.6 is 0 Å². The molecule has 2 bridgehead atoms. The summed E-state index contributed by atoms with van der Waals surface area (Å²) >= 11 is 0. The summed E-state index contributed by atoms with van der Waals surface area (Å²) in [5.74, 6) is -3.96. The number of amides is 2. The summed E-state index contributed by atoms with van der Waals surface area (Å²) in [4.78, 5) is 50.3. The van der Waals surface area contributed by atoms with Crippen LogP contribution in [0.4, 0.5) is 13.6 Å². The van der Waals surface area contributed by atoms with Gasteiger partial charge in [-0.3, -0.25) is 4.79 Å². The number of alkyl carbamates (subject to hydrolysis) is 1. The average molecular weight is 629 g/mol. The summed E-state index contributed by atoms with van der Waals surface area (Å²) in [5, 5.41) is 2.89. The third-order valence-corrected chi connectivity index (χ3v) is 10.4. The molecule has 0 radical (unpaired) electrons. The van der Waals surface area contributed by atoms with Crippen molar-refractivity contribution < 1.29 is 37.4 Å². The highest BCUT2D eigenvalue weighted by atomic mass is 19.3. The van der Waals surface area contributed by atoms with E-state index in [1.165, 1.54) is 12.0 Å². The first kappa shape index (κ1) is 31.4. The van der Waals surface area contributed by atoms with Crippen LogP contribution in [0.15, 0.2) is 18.2 Å². The Morgan fingerprint density at radius 1 is 1.07 bits per heavy atom. The molecule has 0 unspecified atom stereocenters. The van der Waals surface area contributed by atoms with Gasteiger partial charge >= 0.3 is 6.09 Å². The largest absolute Gasteiger partial charge is 0.497 e. The van der Waals surface area contributed by atoms with Crippen molar-refractivity contribution in [3.05, 3.63) is 23.9 Å². The zero-order chi connectivity index (χ0) is 31.9. The molecule has 2 aliphatic heterocycles. The zero-order valence-corrected chi connectivity index (χ0v) is 26.1. The van der Waals surface area contributed by atoms with Gasteiger partial charge in [0.25, 0.3) is 5.92 Å². The van der Waals surface area contributed by atoms with Crippen LogP contribution in [0.2, 0.25) is 0 Å². The molecule has 12 heteroatoms. The molecule has 3 fully saturated rings. The van der Waals surface area contributed by atoms with E-state index in [-0.39, 0.29) is 36.4 Å². The number of carbonyl (C=O) groups excluding carboxylic acids is 3. The maximum atomic E-state index is 15.9. The van der Waals surface area contributed by atoms with Crippen molar-refractivity contribution in [3.8, 4) is 11.6 Å². The standard InChI is InChI=1S/C33H42F2N4O6/c1-4-21-24(18-40)39-17-26(21)44-29-27(36-22-11-10-20(43-3)16-23(22)37-29)33(34,35)14-6-5-9-19-15-25(19)45-31(42)38-28(30(39)41)32(2)12-7-8-13-32/h10-11,16,18-19,21,24-26,28H,4-9,12-15,17H2,1-3H3,(H,38,42)/t19-,21+,24-,25-,26+,28-/m1/s1. The number of nitrogens with one attached hydrogen (secondary N) is 1. The van der Waals surface area contributed by atoms with Gasteiger partial charge in [0.2, 0.25) is 11.8 Å². The number of alkyl halides is 2. The summed E-state index contributed by atoms with van der Waals surface area (Å²) in [7, 11) is 1.50. The Kier molecular flexibility index (Phi) is 8.60. The zero-order valence-electron chi connectivity index (χ0n) is 26.1. The van der Waals surface area contributed by atoms with Gasteiger partial charge in [0.05, 0.1) is 30.7 Å². The van der Waals surface area contributed by atoms with Crippen molar-refractivity contribution in [2.24, 2.45) is 17.3 Å². The summed E-state index contributed by atoms with van der Waals surface area (Å²) in [6.45, 7) is 3.82. The van der Waals surface area contributed by atoms with E-state index in [1.54, 1.807) is 18.2 Å². The van der Waals surface area contributed by atoms with Crippen LogP contribution in [-0.4, -0.2) is 71.1 Å². The second-order valence-corrected chi connectivity index (χ2v) is 13.4. The van der Waals surface area contributed by atoms with Gasteiger partial charge in [-0.15, -0.1) is 0 Å². The molecule has 2 saturated carbocycles. The van der Waals surface area contributed by atoms with Gasteiger partial charge in [-0.2, -0.15) is 8.78 Å². The van der Waals surface area contributed by atoms with Gasteiger partial charge in [-0.25, -0.2) is 14.8 Å². The number of halogens is 2. The van der Waals surface area contributed by atoms with Crippen LogP contribution in [0.3, 0.4) is 0 Å². The lowest BCUT2D eigenvalue weighted by atomic mass is 9.79. The van der Waals surface area contributed by atoms with Gasteiger partial charge in [0, 0.05) is 18.4 Å². The van der Waals surface area contributed by atoms with Crippen molar-refractivity contribution in [3.63, 3.8) is 0 Å². The maximum Gasteiger partial charge on any atom is 0.408 e. The number of carbonyl (C=O) groups is 3. The summed E-state index contributed by atoms with van der Waals surface area (Å²) in [6, 6.07) is 3.05. The first-order chi connectivity index (χ1) is 21.6. The van der Waals surface area contributed by atoms with E-state index in [9.17, 15) is 14.4 Å². The molecule has 1 aromatic heterocycles. The molecular formula is C33H42F2N4O6. The Bertz CT molecular complexity index is 1450. The third-order valence-electron chi connectivity index (χ3n) is 10.4. The molecule has 6 rings (SSSR count). The SMILES string of the molecule is CC[C@@H]1[C@@H]2CN(C(=O)[C@H](C3(C)CCCC3)NC(=O)O[C@@H]3C[C@H]3CCCCC(F)(F)c3nc4ccc(OC)cc4nc3O2)[C@@H]1C=O. The molecule has 244 valence electrons. The second-order valence-electron chi connectivity index (χ2n) is 13.4. The molecule has 3 heterocycles. The van der Waals surface area contributed by atoms with Crippen LogP contribution in [0.1, 0.15) is 83.7 Å². The highest BCUT2D eigenvalue weighted by molar-refractivity contribution is 5.89. The average Bonchev–Trinajstić information content (AvgIpc) is 3.42. The fourth-order valence-corrected chi connectivity index (χ4v) is 7.55. The van der Waals surface area contributed by atoms with E-state index in [4.69, 9.17) is 14.2 Å². The molecule has 2 aliphatic carbocycles. The molecule has 2 amide bonds. The highest BCUT2D eigenvalue weighted by Gasteiger charge is 2.52. The minimum Gasteiger partial charge on any atom is -0.497 e. The smallest absolute Gasteiger partial charge is 0.408 e. The Morgan fingerprint density at radius 2 is 1.82 bits per heavy atom. The number of hydrogen-bond donors (Lipinski definition) is 1. The Morgan fingerprint density at radius 3 is 2.53 bits per heavy atom. The van der Waals surface area contributed by atoms with Crippen LogP contribution in [0, 0.1) is 17.3 Å². The molecule has 2 aromatic rings. The first-order valence-corrected chi connectivity index (χ1v) is 16.2. The number of aromatic nitrogens is 2. The summed E-state index contributed by atoms with van der Waals surface area (Å²) in [6.07, 6.45) is 4.33. The maximum absolute atomic E-state index is 15.9. The van der Waals surface area contributed by atoms with Crippen LogP contribution in [0.5, 0.6) is 11.6 Å². The van der Waals surface area contributed by atoms with Gasteiger partial charge < -0.3 is 29.2 Å². The summed E-state index contributed by atoms with van der Waals surface area (Å²) < 4.78 is 49.2. The Labute approximate surface area is 261 Å². The Balaban J connectivity index is 1.41.